The maximum absolute atomic E-state index is 12.4. The molecular weight excluding hydrogens is 378 g/mol. The molecule has 0 aliphatic rings. The van der Waals surface area contributed by atoms with Crippen LogP contribution in [-0.2, 0) is 21.0 Å². The van der Waals surface area contributed by atoms with Gasteiger partial charge in [-0.05, 0) is 56.4 Å². The molecule has 2 rings (SSSR count). The molecule has 2 aromatic heterocycles. The SMILES string of the molecule is CC(C)[C@@H](NC(=O)OC(C)(C)C)C(=O)OCn1ccc(/C=C/c2cccs2)n1. The lowest BCUT2D eigenvalue weighted by molar-refractivity contribution is -0.151. The lowest BCUT2D eigenvalue weighted by atomic mass is 10.1. The maximum atomic E-state index is 12.4. The molecule has 0 unspecified atom stereocenters. The molecule has 1 N–H and O–H groups in total. The van der Waals surface area contributed by atoms with Gasteiger partial charge in [0.2, 0.25) is 0 Å². The van der Waals surface area contributed by atoms with Crippen LogP contribution >= 0.6 is 11.3 Å². The van der Waals surface area contributed by atoms with Gasteiger partial charge in [-0.2, -0.15) is 5.10 Å². The third-order valence-electron chi connectivity index (χ3n) is 3.55. The van der Waals surface area contributed by atoms with E-state index < -0.39 is 23.7 Å². The smallest absolute Gasteiger partial charge is 0.408 e. The molecule has 0 bridgehead atoms. The molecule has 7 nitrogen and oxygen atoms in total. The number of aromatic nitrogens is 2. The van der Waals surface area contributed by atoms with E-state index in [0.29, 0.717) is 0 Å². The minimum atomic E-state index is -0.802. The zero-order valence-corrected chi connectivity index (χ0v) is 17.7. The lowest BCUT2D eigenvalue weighted by Gasteiger charge is -2.24. The van der Waals surface area contributed by atoms with Crippen molar-refractivity contribution in [3.63, 3.8) is 0 Å². The quantitative estimate of drug-likeness (QED) is 0.699. The number of alkyl carbamates (subject to hydrolysis) is 1. The van der Waals surface area contributed by atoms with Crippen LogP contribution in [0, 0.1) is 5.92 Å². The predicted octanol–water partition coefficient (Wildman–Crippen LogP) is 4.17. The highest BCUT2D eigenvalue weighted by molar-refractivity contribution is 7.10. The van der Waals surface area contributed by atoms with E-state index in [-0.39, 0.29) is 12.6 Å². The monoisotopic (exact) mass is 405 g/mol. The summed E-state index contributed by atoms with van der Waals surface area (Å²) in [6.07, 6.45) is 4.95. The maximum Gasteiger partial charge on any atom is 0.408 e. The van der Waals surface area contributed by atoms with Gasteiger partial charge in [-0.3, -0.25) is 0 Å². The van der Waals surface area contributed by atoms with E-state index in [0.717, 1.165) is 10.6 Å². The first-order chi connectivity index (χ1) is 13.1. The Balaban J connectivity index is 1.89. The van der Waals surface area contributed by atoms with Crippen molar-refractivity contribution in [3.8, 4) is 0 Å². The summed E-state index contributed by atoms with van der Waals surface area (Å²) in [5.41, 5.74) is 0.120. The van der Waals surface area contributed by atoms with E-state index in [4.69, 9.17) is 9.47 Å². The molecule has 0 aliphatic heterocycles. The molecule has 0 saturated heterocycles. The Kier molecular flexibility index (Phi) is 7.39. The van der Waals surface area contributed by atoms with Crippen LogP contribution in [0.25, 0.3) is 12.2 Å². The van der Waals surface area contributed by atoms with Crippen LogP contribution in [0.4, 0.5) is 4.79 Å². The number of ether oxygens (including phenoxy) is 2. The Labute approximate surface area is 169 Å². The summed E-state index contributed by atoms with van der Waals surface area (Å²) in [6.45, 7) is 8.90. The summed E-state index contributed by atoms with van der Waals surface area (Å²) in [6, 6.07) is 5.03. The minimum Gasteiger partial charge on any atom is -0.444 e. The third-order valence-corrected chi connectivity index (χ3v) is 4.39. The van der Waals surface area contributed by atoms with E-state index in [1.54, 1.807) is 38.3 Å². The first kappa shape index (κ1) is 21.7. The molecule has 0 radical (unpaired) electrons. The van der Waals surface area contributed by atoms with Crippen LogP contribution in [0.3, 0.4) is 0 Å². The van der Waals surface area contributed by atoms with E-state index in [1.165, 1.54) is 4.68 Å². The third kappa shape index (κ3) is 7.19. The van der Waals surface area contributed by atoms with Gasteiger partial charge >= 0.3 is 12.1 Å². The zero-order chi connectivity index (χ0) is 20.7. The van der Waals surface area contributed by atoms with Crippen molar-refractivity contribution in [2.24, 2.45) is 5.92 Å². The highest BCUT2D eigenvalue weighted by atomic mass is 32.1. The van der Waals surface area contributed by atoms with Gasteiger partial charge < -0.3 is 14.8 Å². The second-order valence-corrected chi connectivity index (χ2v) is 8.57. The van der Waals surface area contributed by atoms with E-state index in [2.05, 4.69) is 10.4 Å². The number of amides is 1. The lowest BCUT2D eigenvalue weighted by Crippen LogP contribution is -2.47. The molecule has 0 aromatic carbocycles. The highest BCUT2D eigenvalue weighted by Gasteiger charge is 2.28. The van der Waals surface area contributed by atoms with Gasteiger partial charge in [0.15, 0.2) is 6.73 Å². The number of thiophene rings is 1. The Morgan fingerprint density at radius 2 is 2.04 bits per heavy atom. The number of rotatable bonds is 7. The van der Waals surface area contributed by atoms with E-state index in [1.807, 2.05) is 49.6 Å². The molecule has 1 amide bonds. The van der Waals surface area contributed by atoms with Gasteiger partial charge in [0.25, 0.3) is 0 Å². The molecule has 28 heavy (non-hydrogen) atoms. The average molecular weight is 406 g/mol. The molecule has 152 valence electrons. The molecule has 8 heteroatoms. The van der Waals surface area contributed by atoms with Crippen LogP contribution < -0.4 is 5.32 Å². The molecule has 0 spiro atoms. The predicted molar refractivity (Wildman–Crippen MR) is 110 cm³/mol. The Morgan fingerprint density at radius 1 is 1.29 bits per heavy atom. The number of nitrogens with one attached hydrogen (secondary N) is 1. The number of nitrogens with zero attached hydrogens (tertiary/aromatic N) is 2. The summed E-state index contributed by atoms with van der Waals surface area (Å²) in [7, 11) is 0. The van der Waals surface area contributed by atoms with Gasteiger partial charge in [0.1, 0.15) is 11.6 Å². The minimum absolute atomic E-state index is 0.0368. The number of hydrogen-bond acceptors (Lipinski definition) is 6. The molecule has 2 aromatic rings. The number of carbonyl (C=O) groups excluding carboxylic acids is 2. The van der Waals surface area contributed by atoms with Crippen molar-refractivity contribution in [2.75, 3.05) is 0 Å². The first-order valence-electron chi connectivity index (χ1n) is 9.05. The number of carbonyl (C=O) groups is 2. The average Bonchev–Trinajstić information content (AvgIpc) is 3.25. The fraction of sp³-hybridized carbons (Fsp3) is 0.450. The Morgan fingerprint density at radius 3 is 2.64 bits per heavy atom. The van der Waals surface area contributed by atoms with Crippen LogP contribution in [0.15, 0.2) is 29.8 Å². The van der Waals surface area contributed by atoms with Crippen molar-refractivity contribution < 1.29 is 19.1 Å². The largest absolute Gasteiger partial charge is 0.444 e. The van der Waals surface area contributed by atoms with E-state index >= 15 is 0 Å². The van der Waals surface area contributed by atoms with Crippen molar-refractivity contribution >= 4 is 35.6 Å². The van der Waals surface area contributed by atoms with E-state index in [9.17, 15) is 9.59 Å². The van der Waals surface area contributed by atoms with Crippen LogP contribution in [-0.4, -0.2) is 33.5 Å². The first-order valence-corrected chi connectivity index (χ1v) is 9.93. The number of hydrogen-bond donors (Lipinski definition) is 1. The molecule has 2 heterocycles. The molecule has 0 aliphatic carbocycles. The second kappa shape index (κ2) is 9.54. The second-order valence-electron chi connectivity index (χ2n) is 7.59. The normalized spacial score (nSPS) is 12.9. The number of esters is 1. The fourth-order valence-corrected chi connectivity index (χ4v) is 2.86. The molecule has 1 atom stereocenters. The van der Waals surface area contributed by atoms with Gasteiger partial charge in [-0.25, -0.2) is 14.3 Å². The van der Waals surface area contributed by atoms with Gasteiger partial charge in [0, 0.05) is 11.1 Å². The van der Waals surface area contributed by atoms with Crippen molar-refractivity contribution in [1.29, 1.82) is 0 Å². The summed E-state index contributed by atoms with van der Waals surface area (Å²) in [5.74, 6) is -0.686. The van der Waals surface area contributed by atoms with Crippen LogP contribution in [0.5, 0.6) is 0 Å². The van der Waals surface area contributed by atoms with Crippen LogP contribution in [0.1, 0.15) is 45.2 Å². The summed E-state index contributed by atoms with van der Waals surface area (Å²) >= 11 is 1.64. The van der Waals surface area contributed by atoms with Crippen molar-refractivity contribution in [2.45, 2.75) is 53.0 Å². The molecular formula is C20H27N3O4S. The molecule has 0 fully saturated rings. The fourth-order valence-electron chi connectivity index (χ4n) is 2.24. The summed E-state index contributed by atoms with van der Waals surface area (Å²) < 4.78 is 12.1. The van der Waals surface area contributed by atoms with Crippen LogP contribution in [0.2, 0.25) is 0 Å². The standard InChI is InChI=1S/C20H27N3O4S/c1-14(2)17(21-19(25)27-20(3,4)5)18(24)26-13-23-11-10-15(22-23)8-9-16-7-6-12-28-16/h6-12,14,17H,13H2,1-5H3,(H,21,25)/b9-8+/t17-/m1/s1. The van der Waals surface area contributed by atoms with Gasteiger partial charge in [0.05, 0.1) is 5.69 Å². The Bertz CT molecular complexity index is 804. The summed E-state index contributed by atoms with van der Waals surface area (Å²) in [4.78, 5) is 25.5. The van der Waals surface area contributed by atoms with Crippen molar-refractivity contribution in [3.05, 3.63) is 40.3 Å². The highest BCUT2D eigenvalue weighted by Crippen LogP contribution is 2.13. The van der Waals surface area contributed by atoms with Gasteiger partial charge in [-0.15, -0.1) is 11.3 Å². The van der Waals surface area contributed by atoms with Gasteiger partial charge in [-0.1, -0.05) is 19.9 Å². The Hall–Kier alpha value is -2.61. The molecule has 0 saturated carbocycles. The topological polar surface area (TPSA) is 82.5 Å². The van der Waals surface area contributed by atoms with Crippen molar-refractivity contribution in [1.82, 2.24) is 15.1 Å². The zero-order valence-electron chi connectivity index (χ0n) is 16.8. The summed E-state index contributed by atoms with van der Waals surface area (Å²) in [5, 5.41) is 8.92.